The average molecular weight is 419 g/mol. The average Bonchev–Trinajstić information content (AvgIpc) is 3.06. The molecule has 8 heteroatoms. The topological polar surface area (TPSA) is 58.8 Å². The van der Waals surface area contributed by atoms with E-state index in [0.717, 1.165) is 27.3 Å². The molecule has 0 aliphatic carbocycles. The summed E-state index contributed by atoms with van der Waals surface area (Å²) in [7, 11) is 1.72. The molecular weight excluding hydrogens is 403 g/mol. The lowest BCUT2D eigenvalue weighted by Gasteiger charge is -2.05. The lowest BCUT2D eigenvalue weighted by molar-refractivity contribution is -0.114. The third-order valence-electron chi connectivity index (χ3n) is 3.65. The van der Waals surface area contributed by atoms with Gasteiger partial charge in [-0.15, -0.1) is 11.3 Å². The molecule has 1 heterocycles. The van der Waals surface area contributed by atoms with Crippen molar-refractivity contribution in [3.05, 3.63) is 68.3 Å². The molecule has 2 aromatic carbocycles. The number of aromatic nitrogens is 1. The number of hydrogen-bond acceptors (Lipinski definition) is 4. The summed E-state index contributed by atoms with van der Waals surface area (Å²) in [6, 6.07) is 12.9. The smallest absolute Gasteiger partial charge is 0.221 e. The van der Waals surface area contributed by atoms with E-state index in [1.54, 1.807) is 30.1 Å². The summed E-state index contributed by atoms with van der Waals surface area (Å²) in [5, 5.41) is 10.3. The molecule has 0 aliphatic rings. The Labute approximate surface area is 170 Å². The normalized spacial score (nSPS) is 11.9. The van der Waals surface area contributed by atoms with Gasteiger partial charge in [0.05, 0.1) is 22.0 Å². The van der Waals surface area contributed by atoms with Gasteiger partial charge in [-0.1, -0.05) is 41.4 Å². The van der Waals surface area contributed by atoms with Gasteiger partial charge in [-0.05, 0) is 29.8 Å². The standard InChI is InChI=1S/C19H16Cl2N4OS/c1-12(26)24-15-6-3-13(4-7-15)10-23-25-18(11-27-19(25)22-2)14-5-8-16(20)17(21)9-14/h3-11H,1-2H3,(H,24,26)/b22-19?,23-10-. The van der Waals surface area contributed by atoms with Gasteiger partial charge in [0.15, 0.2) is 0 Å². The summed E-state index contributed by atoms with van der Waals surface area (Å²) < 4.78 is 1.76. The van der Waals surface area contributed by atoms with Crippen molar-refractivity contribution in [1.82, 2.24) is 4.68 Å². The van der Waals surface area contributed by atoms with E-state index in [2.05, 4.69) is 15.4 Å². The van der Waals surface area contributed by atoms with Gasteiger partial charge >= 0.3 is 0 Å². The number of rotatable bonds is 4. The summed E-state index contributed by atoms with van der Waals surface area (Å²) in [6.45, 7) is 1.48. The minimum absolute atomic E-state index is 0.106. The highest BCUT2D eigenvalue weighted by Gasteiger charge is 2.09. The fourth-order valence-corrected chi connectivity index (χ4v) is 3.50. The van der Waals surface area contributed by atoms with Crippen molar-refractivity contribution in [2.45, 2.75) is 6.92 Å². The van der Waals surface area contributed by atoms with Gasteiger partial charge < -0.3 is 5.32 Å². The maximum absolute atomic E-state index is 11.1. The van der Waals surface area contributed by atoms with Crippen LogP contribution >= 0.6 is 34.5 Å². The highest BCUT2D eigenvalue weighted by atomic mass is 35.5. The highest BCUT2D eigenvalue weighted by molar-refractivity contribution is 7.07. The predicted molar refractivity (Wildman–Crippen MR) is 113 cm³/mol. The molecule has 27 heavy (non-hydrogen) atoms. The van der Waals surface area contributed by atoms with Crippen molar-refractivity contribution < 1.29 is 4.79 Å². The Morgan fingerprint density at radius 1 is 1.15 bits per heavy atom. The number of benzene rings is 2. The van der Waals surface area contributed by atoms with E-state index in [1.165, 1.54) is 18.3 Å². The van der Waals surface area contributed by atoms with Crippen LogP contribution in [-0.4, -0.2) is 23.8 Å². The molecule has 3 rings (SSSR count). The van der Waals surface area contributed by atoms with Gasteiger partial charge in [0.25, 0.3) is 0 Å². The van der Waals surface area contributed by atoms with Gasteiger partial charge in [-0.2, -0.15) is 5.10 Å². The molecule has 0 atom stereocenters. The number of carbonyl (C=O) groups excluding carboxylic acids is 1. The fraction of sp³-hybridized carbons (Fsp3) is 0.105. The number of amides is 1. The van der Waals surface area contributed by atoms with Crippen molar-refractivity contribution in [1.29, 1.82) is 0 Å². The van der Waals surface area contributed by atoms with E-state index in [1.807, 2.05) is 35.7 Å². The van der Waals surface area contributed by atoms with Crippen molar-refractivity contribution >= 4 is 52.3 Å². The van der Waals surface area contributed by atoms with Crippen LogP contribution in [0.25, 0.3) is 11.3 Å². The van der Waals surface area contributed by atoms with Crippen molar-refractivity contribution in [2.24, 2.45) is 10.1 Å². The Morgan fingerprint density at radius 3 is 2.52 bits per heavy atom. The van der Waals surface area contributed by atoms with Crippen LogP contribution in [0.5, 0.6) is 0 Å². The molecule has 1 N–H and O–H groups in total. The third kappa shape index (κ3) is 4.66. The van der Waals surface area contributed by atoms with Gasteiger partial charge in [0.2, 0.25) is 10.7 Å². The zero-order valence-electron chi connectivity index (χ0n) is 14.6. The summed E-state index contributed by atoms with van der Waals surface area (Å²) in [5.41, 5.74) is 3.40. The second kappa shape index (κ2) is 8.52. The number of anilines is 1. The Morgan fingerprint density at radius 2 is 1.89 bits per heavy atom. The first-order chi connectivity index (χ1) is 13.0. The predicted octanol–water partition coefficient (Wildman–Crippen LogP) is 4.89. The maximum atomic E-state index is 11.1. The molecule has 0 saturated heterocycles. The van der Waals surface area contributed by atoms with Crippen molar-refractivity contribution in [3.63, 3.8) is 0 Å². The number of thiazole rings is 1. The number of halogens is 2. The Hall–Kier alpha value is -2.41. The number of nitrogens with one attached hydrogen (secondary N) is 1. The van der Waals surface area contributed by atoms with Gasteiger partial charge in [-0.25, -0.2) is 4.68 Å². The lowest BCUT2D eigenvalue weighted by Crippen LogP contribution is -2.11. The van der Waals surface area contributed by atoms with Crippen LogP contribution in [0, 0.1) is 0 Å². The van der Waals surface area contributed by atoms with E-state index in [4.69, 9.17) is 23.2 Å². The molecule has 0 bridgehead atoms. The summed E-state index contributed by atoms with van der Waals surface area (Å²) in [4.78, 5) is 16.1. The van der Waals surface area contributed by atoms with Crippen molar-refractivity contribution in [3.8, 4) is 11.3 Å². The highest BCUT2D eigenvalue weighted by Crippen LogP contribution is 2.28. The van der Waals surface area contributed by atoms with Crippen LogP contribution in [0.3, 0.4) is 0 Å². The van der Waals surface area contributed by atoms with E-state index in [9.17, 15) is 4.79 Å². The Kier molecular flexibility index (Phi) is 6.11. The molecule has 5 nitrogen and oxygen atoms in total. The van der Waals surface area contributed by atoms with E-state index in [-0.39, 0.29) is 5.91 Å². The summed E-state index contributed by atoms with van der Waals surface area (Å²) in [6.07, 6.45) is 1.74. The Bertz CT molecular complexity index is 1070. The summed E-state index contributed by atoms with van der Waals surface area (Å²) >= 11 is 13.7. The Balaban J connectivity index is 1.94. The molecule has 0 spiro atoms. The molecule has 0 unspecified atom stereocenters. The minimum Gasteiger partial charge on any atom is -0.326 e. The van der Waals surface area contributed by atoms with Crippen LogP contribution < -0.4 is 10.1 Å². The number of nitrogens with zero attached hydrogens (tertiary/aromatic N) is 3. The SMILES string of the molecule is CN=c1scc(-c2ccc(Cl)c(Cl)c2)n1/N=C\c1ccc(NC(C)=O)cc1. The number of hydrogen-bond donors (Lipinski definition) is 1. The minimum atomic E-state index is -0.106. The van der Waals surface area contributed by atoms with Crippen molar-refractivity contribution in [2.75, 3.05) is 12.4 Å². The molecule has 0 fully saturated rings. The molecular formula is C19H16Cl2N4OS. The first-order valence-corrected chi connectivity index (χ1v) is 9.62. The first kappa shape index (κ1) is 19.4. The molecule has 138 valence electrons. The second-order valence-corrected chi connectivity index (χ2v) is 7.27. The van der Waals surface area contributed by atoms with Crippen LogP contribution in [0.1, 0.15) is 12.5 Å². The molecule has 1 amide bonds. The van der Waals surface area contributed by atoms with Crippen LogP contribution in [0.2, 0.25) is 10.0 Å². The van der Waals surface area contributed by atoms with Crippen LogP contribution in [0.4, 0.5) is 5.69 Å². The van der Waals surface area contributed by atoms with E-state index < -0.39 is 0 Å². The largest absolute Gasteiger partial charge is 0.326 e. The van der Waals surface area contributed by atoms with E-state index in [0.29, 0.717) is 10.0 Å². The lowest BCUT2D eigenvalue weighted by atomic mass is 10.2. The van der Waals surface area contributed by atoms with Crippen LogP contribution in [0.15, 0.2) is 57.9 Å². The summed E-state index contributed by atoms with van der Waals surface area (Å²) in [5.74, 6) is -0.106. The molecule has 1 aromatic heterocycles. The third-order valence-corrected chi connectivity index (χ3v) is 5.29. The zero-order valence-corrected chi connectivity index (χ0v) is 16.9. The quantitative estimate of drug-likeness (QED) is 0.602. The monoisotopic (exact) mass is 418 g/mol. The second-order valence-electron chi connectivity index (χ2n) is 5.62. The fourth-order valence-electron chi connectivity index (χ4n) is 2.40. The molecule has 0 radical (unpaired) electrons. The number of carbonyl (C=O) groups is 1. The molecule has 0 aliphatic heterocycles. The maximum Gasteiger partial charge on any atom is 0.221 e. The zero-order chi connectivity index (χ0) is 19.4. The molecule has 3 aromatic rings. The van der Waals surface area contributed by atoms with Gasteiger partial charge in [0, 0.05) is 30.6 Å². The molecule has 0 saturated carbocycles. The van der Waals surface area contributed by atoms with Crippen LogP contribution in [-0.2, 0) is 4.79 Å². The van der Waals surface area contributed by atoms with E-state index >= 15 is 0 Å². The van der Waals surface area contributed by atoms with Gasteiger partial charge in [0.1, 0.15) is 0 Å². The first-order valence-electron chi connectivity index (χ1n) is 7.98. The van der Waals surface area contributed by atoms with Gasteiger partial charge in [-0.3, -0.25) is 9.79 Å².